The van der Waals surface area contributed by atoms with Crippen LogP contribution in [0, 0.1) is 0 Å². The molecule has 154 valence electrons. The van der Waals surface area contributed by atoms with Crippen LogP contribution in [-0.4, -0.2) is 22.2 Å². The Labute approximate surface area is 173 Å². The summed E-state index contributed by atoms with van der Waals surface area (Å²) in [5, 5.41) is 4.78. The van der Waals surface area contributed by atoms with Crippen LogP contribution >= 0.6 is 11.8 Å². The second-order valence-corrected chi connectivity index (χ2v) is 7.45. The van der Waals surface area contributed by atoms with Crippen molar-refractivity contribution in [2.24, 2.45) is 0 Å². The van der Waals surface area contributed by atoms with Gasteiger partial charge in [0.05, 0.1) is 16.8 Å². The number of hydrogen-bond acceptors (Lipinski definition) is 4. The molecular formula is C20H16F3N4O2S+. The summed E-state index contributed by atoms with van der Waals surface area (Å²) in [6.45, 7) is 1.36. The van der Waals surface area contributed by atoms with Gasteiger partial charge in [-0.05, 0) is 47.3 Å². The van der Waals surface area contributed by atoms with Gasteiger partial charge < -0.3 is 0 Å². The van der Waals surface area contributed by atoms with Crippen molar-refractivity contribution in [1.82, 2.24) is 10.1 Å². The lowest BCUT2D eigenvalue weighted by Gasteiger charge is -2.31. The van der Waals surface area contributed by atoms with Crippen LogP contribution in [0.15, 0.2) is 58.5 Å². The monoisotopic (exact) mass is 433 g/mol. The molecule has 2 heterocycles. The van der Waals surface area contributed by atoms with E-state index in [4.69, 9.17) is 0 Å². The van der Waals surface area contributed by atoms with Crippen LogP contribution in [0.4, 0.5) is 18.9 Å². The van der Waals surface area contributed by atoms with E-state index in [0.29, 0.717) is 22.0 Å². The van der Waals surface area contributed by atoms with E-state index in [1.54, 1.807) is 30.5 Å². The van der Waals surface area contributed by atoms with Crippen LogP contribution in [0.3, 0.4) is 0 Å². The standard InChI is InChI=1S/C20H15F3N4O2S/c1-11(28)26-15-6-4-3-5-14(15)16-17(29)24-19(30-2)25-27(16)18(26)12-7-9-13(10-8-12)20(21,22)23/h3-10,18H,1-2H3/p+1/t18-/m0/s1. The molecule has 0 aliphatic carbocycles. The molecule has 6 nitrogen and oxygen atoms in total. The second kappa shape index (κ2) is 7.28. The number of halogens is 3. The number of para-hydroxylation sites is 1. The van der Waals surface area contributed by atoms with E-state index in [0.717, 1.165) is 12.1 Å². The predicted molar refractivity (Wildman–Crippen MR) is 105 cm³/mol. The maximum atomic E-state index is 13.0. The molecule has 1 atom stereocenters. The maximum Gasteiger partial charge on any atom is 0.416 e. The van der Waals surface area contributed by atoms with Crippen LogP contribution in [0.2, 0.25) is 0 Å². The smallest absolute Gasteiger partial charge is 0.291 e. The Hall–Kier alpha value is -3.14. The molecule has 0 spiro atoms. The van der Waals surface area contributed by atoms with Gasteiger partial charge in [-0.15, -0.1) is 0 Å². The zero-order valence-corrected chi connectivity index (χ0v) is 16.7. The Balaban J connectivity index is 2.01. The zero-order valence-electron chi connectivity index (χ0n) is 15.9. The number of carbonyl (C=O) groups excluding carboxylic acids is 1. The van der Waals surface area contributed by atoms with Crippen LogP contribution in [0.1, 0.15) is 24.2 Å². The molecule has 2 aromatic carbocycles. The van der Waals surface area contributed by atoms with Gasteiger partial charge in [-0.1, -0.05) is 23.9 Å². The van der Waals surface area contributed by atoms with Gasteiger partial charge in [0, 0.05) is 17.6 Å². The summed E-state index contributed by atoms with van der Waals surface area (Å²) in [5.41, 5.74) is 0.416. The molecule has 30 heavy (non-hydrogen) atoms. The molecule has 3 aromatic rings. The summed E-state index contributed by atoms with van der Waals surface area (Å²) >= 11 is 1.21. The van der Waals surface area contributed by atoms with E-state index < -0.39 is 23.5 Å². The lowest BCUT2D eigenvalue weighted by atomic mass is 10.0. The number of anilines is 1. The number of rotatable bonds is 2. The number of amides is 1. The molecule has 0 fully saturated rings. The zero-order chi connectivity index (χ0) is 21.6. The number of fused-ring (bicyclic) bond motifs is 3. The van der Waals surface area contributed by atoms with Crippen LogP contribution in [0.25, 0.3) is 11.3 Å². The number of aromatic amines is 1. The highest BCUT2D eigenvalue weighted by Gasteiger charge is 2.45. The van der Waals surface area contributed by atoms with Crippen molar-refractivity contribution < 1.29 is 22.6 Å². The maximum absolute atomic E-state index is 13.0. The molecule has 4 rings (SSSR count). The number of hydrogen-bond donors (Lipinski definition) is 1. The Morgan fingerprint density at radius 1 is 1.17 bits per heavy atom. The highest BCUT2D eigenvalue weighted by molar-refractivity contribution is 7.98. The molecule has 0 radical (unpaired) electrons. The van der Waals surface area contributed by atoms with E-state index in [9.17, 15) is 22.8 Å². The summed E-state index contributed by atoms with van der Waals surface area (Å²) < 4.78 is 40.5. The number of benzene rings is 2. The molecular weight excluding hydrogens is 417 g/mol. The lowest BCUT2D eigenvalue weighted by molar-refractivity contribution is -0.763. The minimum absolute atomic E-state index is 0.228. The molecule has 0 bridgehead atoms. The Morgan fingerprint density at radius 3 is 2.43 bits per heavy atom. The first-order valence-electron chi connectivity index (χ1n) is 8.89. The number of nitrogens with one attached hydrogen (secondary N) is 1. The van der Waals surface area contributed by atoms with Crippen molar-refractivity contribution in [3.8, 4) is 11.3 Å². The van der Waals surface area contributed by atoms with Gasteiger partial charge in [-0.3, -0.25) is 14.6 Å². The van der Waals surface area contributed by atoms with E-state index in [1.165, 1.54) is 40.4 Å². The quantitative estimate of drug-likeness (QED) is 0.497. The fraction of sp³-hybridized carbons (Fsp3) is 0.200. The van der Waals surface area contributed by atoms with E-state index >= 15 is 0 Å². The van der Waals surface area contributed by atoms with Gasteiger partial charge in [0.1, 0.15) is 0 Å². The molecule has 0 saturated carbocycles. The number of carbonyl (C=O) groups is 1. The lowest BCUT2D eigenvalue weighted by Crippen LogP contribution is -2.60. The van der Waals surface area contributed by atoms with Gasteiger partial charge in [-0.25, -0.2) is 4.90 Å². The third-order valence-corrected chi connectivity index (χ3v) is 5.40. The number of nitrogens with zero attached hydrogens (tertiary/aromatic N) is 3. The van der Waals surface area contributed by atoms with Crippen molar-refractivity contribution in [2.75, 3.05) is 11.2 Å². The average molecular weight is 433 g/mol. The van der Waals surface area contributed by atoms with Gasteiger partial charge in [-0.2, -0.15) is 13.2 Å². The molecule has 1 aromatic heterocycles. The van der Waals surface area contributed by atoms with Crippen LogP contribution < -0.4 is 15.1 Å². The third kappa shape index (κ3) is 3.26. The summed E-state index contributed by atoms with van der Waals surface area (Å²) in [6, 6.07) is 11.4. The van der Waals surface area contributed by atoms with Crippen LogP contribution in [-0.2, 0) is 11.0 Å². The summed E-state index contributed by atoms with van der Waals surface area (Å²) in [7, 11) is 0. The fourth-order valence-electron chi connectivity index (χ4n) is 3.55. The molecule has 10 heteroatoms. The SMILES string of the molecule is CSc1n[n+]2c(c(=O)[nH]1)-c1ccccc1N(C(C)=O)[C@@H]2c1ccc(C(F)(F)F)cc1. The van der Waals surface area contributed by atoms with E-state index in [2.05, 4.69) is 10.1 Å². The van der Waals surface area contributed by atoms with Crippen molar-refractivity contribution >= 4 is 23.4 Å². The molecule has 1 aliphatic rings. The molecule has 1 amide bonds. The minimum Gasteiger partial charge on any atom is -0.291 e. The van der Waals surface area contributed by atoms with Gasteiger partial charge in [0.25, 0.3) is 6.17 Å². The molecule has 1 N–H and O–H groups in total. The molecule has 0 unspecified atom stereocenters. The van der Waals surface area contributed by atoms with Gasteiger partial charge in [0.15, 0.2) is 0 Å². The Bertz CT molecular complexity index is 1190. The fourth-order valence-corrected chi connectivity index (χ4v) is 3.91. The predicted octanol–water partition coefficient (Wildman–Crippen LogP) is 3.38. The summed E-state index contributed by atoms with van der Waals surface area (Å²) in [5.74, 6) is -0.335. The minimum atomic E-state index is -4.48. The third-order valence-electron chi connectivity index (χ3n) is 4.83. The topological polar surface area (TPSA) is 69.9 Å². The number of alkyl halides is 3. The van der Waals surface area contributed by atoms with Gasteiger partial charge in [0.2, 0.25) is 11.1 Å². The first-order valence-corrected chi connectivity index (χ1v) is 10.1. The first kappa shape index (κ1) is 20.1. The largest absolute Gasteiger partial charge is 0.416 e. The van der Waals surface area contributed by atoms with Crippen molar-refractivity contribution in [1.29, 1.82) is 0 Å². The van der Waals surface area contributed by atoms with Gasteiger partial charge >= 0.3 is 17.4 Å². The van der Waals surface area contributed by atoms with E-state index in [-0.39, 0.29) is 11.6 Å². The Morgan fingerprint density at radius 2 is 1.83 bits per heavy atom. The second-order valence-electron chi connectivity index (χ2n) is 6.66. The highest BCUT2D eigenvalue weighted by atomic mass is 32.2. The number of H-pyrrole nitrogens is 1. The van der Waals surface area contributed by atoms with Crippen molar-refractivity contribution in [3.63, 3.8) is 0 Å². The summed E-state index contributed by atoms with van der Waals surface area (Å²) in [6.07, 6.45) is -3.66. The summed E-state index contributed by atoms with van der Waals surface area (Å²) in [4.78, 5) is 29.6. The first-order chi connectivity index (χ1) is 14.2. The average Bonchev–Trinajstić information content (AvgIpc) is 2.71. The molecule has 1 aliphatic heterocycles. The Kier molecular flexibility index (Phi) is 4.89. The van der Waals surface area contributed by atoms with Crippen LogP contribution in [0.5, 0.6) is 0 Å². The normalized spacial score (nSPS) is 15.5. The van der Waals surface area contributed by atoms with Crippen molar-refractivity contribution in [2.45, 2.75) is 24.4 Å². The van der Waals surface area contributed by atoms with Crippen molar-refractivity contribution in [3.05, 3.63) is 70.0 Å². The highest BCUT2D eigenvalue weighted by Crippen LogP contribution is 2.38. The number of aromatic nitrogens is 3. The number of thioether (sulfide) groups is 1. The van der Waals surface area contributed by atoms with E-state index in [1.807, 2.05) is 0 Å². The molecule has 0 saturated heterocycles.